The maximum atomic E-state index is 13.9. The second-order valence-corrected chi connectivity index (χ2v) is 15.4. The van der Waals surface area contributed by atoms with E-state index in [0.29, 0.717) is 16.4 Å². The van der Waals surface area contributed by atoms with E-state index >= 15 is 0 Å². The van der Waals surface area contributed by atoms with Crippen molar-refractivity contribution in [1.29, 1.82) is 0 Å². The van der Waals surface area contributed by atoms with Crippen molar-refractivity contribution in [1.82, 2.24) is 10.3 Å². The average molecular weight is 771 g/mol. The molecule has 1 heterocycles. The van der Waals surface area contributed by atoms with E-state index in [1.807, 2.05) is 129 Å². The summed E-state index contributed by atoms with van der Waals surface area (Å²) in [5, 5.41) is 8.77. The first-order chi connectivity index (χ1) is 27.3. The maximum Gasteiger partial charge on any atom is 0.272 e. The van der Waals surface area contributed by atoms with Crippen LogP contribution in [-0.2, 0) is 9.59 Å². The molecular formula is C47H38N4O3S2. The van der Waals surface area contributed by atoms with Gasteiger partial charge in [-0.25, -0.2) is 4.98 Å². The van der Waals surface area contributed by atoms with Gasteiger partial charge in [0.05, 0.1) is 5.69 Å². The van der Waals surface area contributed by atoms with E-state index in [2.05, 4.69) is 28.1 Å². The van der Waals surface area contributed by atoms with Gasteiger partial charge in [-0.05, 0) is 78.6 Å². The Morgan fingerprint density at radius 1 is 0.643 bits per heavy atom. The maximum absolute atomic E-state index is 13.9. The van der Waals surface area contributed by atoms with Gasteiger partial charge in [0, 0.05) is 26.6 Å². The highest BCUT2D eigenvalue weighted by Gasteiger charge is 2.24. The van der Waals surface area contributed by atoms with Crippen LogP contribution in [0.1, 0.15) is 37.2 Å². The van der Waals surface area contributed by atoms with Gasteiger partial charge in [-0.15, -0.1) is 23.1 Å². The first-order valence-corrected chi connectivity index (χ1v) is 19.7. The lowest BCUT2D eigenvalue weighted by molar-refractivity contribution is -0.116. The van der Waals surface area contributed by atoms with Crippen molar-refractivity contribution in [3.05, 3.63) is 197 Å². The van der Waals surface area contributed by atoms with Gasteiger partial charge in [0.1, 0.15) is 10.9 Å². The van der Waals surface area contributed by atoms with Gasteiger partial charge >= 0.3 is 0 Å². The molecule has 1 atom stereocenters. The summed E-state index contributed by atoms with van der Waals surface area (Å²) >= 11 is 2.85. The molecule has 6 aromatic carbocycles. The Morgan fingerprint density at radius 2 is 1.23 bits per heavy atom. The smallest absolute Gasteiger partial charge is 0.272 e. The molecule has 3 N–H and O–H groups in total. The average Bonchev–Trinajstić information content (AvgIpc) is 3.60. The van der Waals surface area contributed by atoms with Crippen molar-refractivity contribution in [3.8, 4) is 22.4 Å². The SMILES string of the molecule is Cc1ccc(-c2nc(NC(=O)C(Sc3ccc(NC(=O)/C(=C/c4ccc(-c5ccccc5)cc4)NC(=O)c4ccccc4)cc3)c3ccccc3)sc2C)cc1. The van der Waals surface area contributed by atoms with Crippen LogP contribution in [0.25, 0.3) is 28.5 Å². The fourth-order valence-corrected chi connectivity index (χ4v) is 7.83. The first-order valence-electron chi connectivity index (χ1n) is 18.0. The van der Waals surface area contributed by atoms with E-state index in [1.165, 1.54) is 28.7 Å². The van der Waals surface area contributed by atoms with Gasteiger partial charge < -0.3 is 16.0 Å². The van der Waals surface area contributed by atoms with E-state index < -0.39 is 17.1 Å². The second-order valence-electron chi connectivity index (χ2n) is 13.0. The molecule has 0 saturated carbocycles. The van der Waals surface area contributed by atoms with Gasteiger partial charge in [0.15, 0.2) is 5.13 Å². The molecule has 1 aromatic heterocycles. The minimum atomic E-state index is -0.570. The van der Waals surface area contributed by atoms with Gasteiger partial charge in [-0.1, -0.05) is 133 Å². The van der Waals surface area contributed by atoms with Gasteiger partial charge in [-0.2, -0.15) is 0 Å². The monoisotopic (exact) mass is 770 g/mol. The number of thioether (sulfide) groups is 1. The van der Waals surface area contributed by atoms with Crippen molar-refractivity contribution in [3.63, 3.8) is 0 Å². The fraction of sp³-hybridized carbons (Fsp3) is 0.0638. The molecule has 0 aliphatic rings. The van der Waals surface area contributed by atoms with Crippen LogP contribution in [0.15, 0.2) is 174 Å². The van der Waals surface area contributed by atoms with E-state index in [4.69, 9.17) is 4.98 Å². The third-order valence-corrected chi connectivity index (χ3v) is 11.1. The lowest BCUT2D eigenvalue weighted by Crippen LogP contribution is -2.30. The van der Waals surface area contributed by atoms with Crippen LogP contribution in [0.2, 0.25) is 0 Å². The number of carbonyl (C=O) groups is 3. The molecule has 7 rings (SSSR count). The number of aromatic nitrogens is 1. The Bertz CT molecular complexity index is 2470. The summed E-state index contributed by atoms with van der Waals surface area (Å²) in [5.74, 6) is -1.07. The standard InChI is InChI=1S/C47H38N4O3S2/c1-31-18-22-36(23-19-31)42-32(2)55-47(50-42)51-46(54)43(37-14-8-4-9-15-37)56-40-28-26-39(27-29-40)48-45(53)41(49-44(52)38-16-10-5-11-17-38)30-33-20-24-35(25-21-33)34-12-6-3-7-13-34/h3-30,43H,1-2H3,(H,48,53)(H,49,52)(H,50,51,54)/b41-30-. The Kier molecular flexibility index (Phi) is 11.9. The number of amides is 3. The molecule has 0 bridgehead atoms. The summed E-state index contributed by atoms with van der Waals surface area (Å²) < 4.78 is 0. The third-order valence-electron chi connectivity index (χ3n) is 8.92. The molecule has 0 fully saturated rings. The summed E-state index contributed by atoms with van der Waals surface area (Å²) in [7, 11) is 0. The normalized spacial score (nSPS) is 11.7. The van der Waals surface area contributed by atoms with Crippen LogP contribution >= 0.6 is 23.1 Å². The molecule has 3 amide bonds. The number of thiazole rings is 1. The molecule has 1 unspecified atom stereocenters. The minimum absolute atomic E-state index is 0.0912. The number of aryl methyl sites for hydroxylation is 2. The molecule has 0 spiro atoms. The number of nitrogens with one attached hydrogen (secondary N) is 3. The molecule has 0 aliphatic carbocycles. The number of carbonyl (C=O) groups excluding carboxylic acids is 3. The number of nitrogens with zero attached hydrogens (tertiary/aromatic N) is 1. The Labute approximate surface area is 334 Å². The highest BCUT2D eigenvalue weighted by Crippen LogP contribution is 2.38. The van der Waals surface area contributed by atoms with E-state index in [9.17, 15) is 14.4 Å². The predicted molar refractivity (Wildman–Crippen MR) is 230 cm³/mol. The zero-order chi connectivity index (χ0) is 38.9. The second kappa shape index (κ2) is 17.7. The van der Waals surface area contributed by atoms with Crippen LogP contribution in [0.4, 0.5) is 10.8 Å². The van der Waals surface area contributed by atoms with Crippen LogP contribution in [0.5, 0.6) is 0 Å². The fourth-order valence-electron chi connectivity index (χ4n) is 5.96. The summed E-state index contributed by atoms with van der Waals surface area (Å²) in [4.78, 5) is 47.4. The highest BCUT2D eigenvalue weighted by molar-refractivity contribution is 8.00. The lowest BCUT2D eigenvalue weighted by atomic mass is 10.0. The van der Waals surface area contributed by atoms with Crippen molar-refractivity contribution in [2.75, 3.05) is 10.6 Å². The summed E-state index contributed by atoms with van der Waals surface area (Å²) in [6, 6.07) is 51.7. The highest BCUT2D eigenvalue weighted by atomic mass is 32.2. The molecule has 9 heteroatoms. The number of benzene rings is 6. The number of anilines is 2. The molecule has 276 valence electrons. The molecule has 7 nitrogen and oxygen atoms in total. The van der Waals surface area contributed by atoms with Crippen molar-refractivity contribution >= 4 is 57.7 Å². The molecule has 0 radical (unpaired) electrons. The number of rotatable bonds is 12. The van der Waals surface area contributed by atoms with Crippen LogP contribution in [0, 0.1) is 13.8 Å². The van der Waals surface area contributed by atoms with E-state index in [1.54, 1.807) is 42.5 Å². The van der Waals surface area contributed by atoms with E-state index in [0.717, 1.165) is 43.3 Å². The Balaban J connectivity index is 1.07. The summed E-state index contributed by atoms with van der Waals surface area (Å²) in [6.07, 6.45) is 1.66. The zero-order valence-corrected chi connectivity index (χ0v) is 32.4. The molecule has 7 aromatic rings. The molecular weight excluding hydrogens is 733 g/mol. The van der Waals surface area contributed by atoms with Gasteiger partial charge in [0.25, 0.3) is 11.8 Å². The van der Waals surface area contributed by atoms with Crippen molar-refractivity contribution in [2.24, 2.45) is 0 Å². The quantitative estimate of drug-likeness (QED) is 0.0848. The summed E-state index contributed by atoms with van der Waals surface area (Å²) in [5.41, 5.74) is 7.80. The first kappa shape index (κ1) is 37.8. The topological polar surface area (TPSA) is 100 Å². The van der Waals surface area contributed by atoms with Crippen LogP contribution in [-0.4, -0.2) is 22.7 Å². The molecule has 0 saturated heterocycles. The minimum Gasteiger partial charge on any atom is -0.321 e. The Hall–Kier alpha value is -6.55. The van der Waals surface area contributed by atoms with Crippen molar-refractivity contribution < 1.29 is 14.4 Å². The van der Waals surface area contributed by atoms with Crippen molar-refractivity contribution in [2.45, 2.75) is 24.0 Å². The zero-order valence-electron chi connectivity index (χ0n) is 30.7. The number of hydrogen-bond acceptors (Lipinski definition) is 6. The van der Waals surface area contributed by atoms with Gasteiger partial charge in [0.2, 0.25) is 5.91 Å². The lowest BCUT2D eigenvalue weighted by Gasteiger charge is -2.17. The van der Waals surface area contributed by atoms with E-state index in [-0.39, 0.29) is 11.6 Å². The van der Waals surface area contributed by atoms with Crippen LogP contribution < -0.4 is 16.0 Å². The molecule has 56 heavy (non-hydrogen) atoms. The predicted octanol–water partition coefficient (Wildman–Crippen LogP) is 11.0. The largest absolute Gasteiger partial charge is 0.321 e. The third kappa shape index (κ3) is 9.57. The van der Waals surface area contributed by atoms with Crippen LogP contribution in [0.3, 0.4) is 0 Å². The van der Waals surface area contributed by atoms with Gasteiger partial charge in [-0.3, -0.25) is 14.4 Å². The molecule has 0 aliphatic heterocycles. The number of hydrogen-bond donors (Lipinski definition) is 3. The summed E-state index contributed by atoms with van der Waals surface area (Å²) in [6.45, 7) is 4.05. The Morgan fingerprint density at radius 3 is 1.89 bits per heavy atom.